The molecule has 1 aromatic heterocycles. The highest BCUT2D eigenvalue weighted by Gasteiger charge is 2.33. The number of benzene rings is 1. The Morgan fingerprint density at radius 2 is 2.19 bits per heavy atom. The zero-order chi connectivity index (χ0) is 14.2. The van der Waals surface area contributed by atoms with E-state index in [1.165, 1.54) is 0 Å². The summed E-state index contributed by atoms with van der Waals surface area (Å²) in [6, 6.07) is 8.00. The van der Waals surface area contributed by atoms with Crippen molar-refractivity contribution in [1.29, 1.82) is 0 Å². The molecule has 2 atom stereocenters. The van der Waals surface area contributed by atoms with Crippen molar-refractivity contribution in [2.24, 2.45) is 0 Å². The maximum Gasteiger partial charge on any atom is 0.238 e. The highest BCUT2D eigenvalue weighted by atomic mass is 32.2. The molecule has 6 heteroatoms. The smallest absolute Gasteiger partial charge is 0.238 e. The normalized spacial score (nSPS) is 24.7. The van der Waals surface area contributed by atoms with E-state index in [9.17, 15) is 4.79 Å². The summed E-state index contributed by atoms with van der Waals surface area (Å²) in [6.07, 6.45) is 0.836. The largest absolute Gasteiger partial charge is 0.493 e. The molecule has 1 aromatic carbocycles. The van der Waals surface area contributed by atoms with Gasteiger partial charge in [0.15, 0.2) is 11.6 Å². The number of carbonyl (C=O) groups excluding carboxylic acids is 1. The lowest BCUT2D eigenvalue weighted by atomic mass is 9.96. The third kappa shape index (κ3) is 2.33. The molecule has 2 aliphatic heterocycles. The lowest BCUT2D eigenvalue weighted by Gasteiger charge is -2.22. The molecule has 1 fully saturated rings. The third-order valence-electron chi connectivity index (χ3n) is 3.92. The van der Waals surface area contributed by atoms with Gasteiger partial charge in [-0.3, -0.25) is 4.79 Å². The van der Waals surface area contributed by atoms with Gasteiger partial charge in [0, 0.05) is 5.75 Å². The zero-order valence-corrected chi connectivity index (χ0v) is 12.1. The molecule has 3 heterocycles. The number of fused-ring (bicyclic) bond motifs is 1. The maximum absolute atomic E-state index is 11.8. The number of nitrogens with zero attached hydrogens (tertiary/aromatic N) is 2. The van der Waals surface area contributed by atoms with Crippen molar-refractivity contribution in [3.8, 4) is 5.75 Å². The molecule has 108 valence electrons. The number of ketones is 1. The van der Waals surface area contributed by atoms with Crippen LogP contribution in [-0.4, -0.2) is 34.0 Å². The number of carbonyl (C=O) groups is 1. The van der Waals surface area contributed by atoms with Crippen molar-refractivity contribution in [3.05, 3.63) is 41.5 Å². The minimum absolute atomic E-state index is 0.0848. The number of para-hydroxylation sites is 1. The van der Waals surface area contributed by atoms with Gasteiger partial charge in [0.25, 0.3) is 0 Å². The Morgan fingerprint density at radius 1 is 1.29 bits per heavy atom. The minimum atomic E-state index is -0.229. The number of hydrogen-bond acceptors (Lipinski definition) is 6. The van der Waals surface area contributed by atoms with Crippen molar-refractivity contribution in [3.63, 3.8) is 0 Å². The summed E-state index contributed by atoms with van der Waals surface area (Å²) in [4.78, 5) is 16.2. The van der Waals surface area contributed by atoms with Gasteiger partial charge in [-0.2, -0.15) is 16.7 Å². The second-order valence-corrected chi connectivity index (χ2v) is 6.37. The average Bonchev–Trinajstić information content (AvgIpc) is 3.15. The molecular formula is C15H14N2O3S. The maximum atomic E-state index is 11.8. The molecule has 2 unspecified atom stereocenters. The lowest BCUT2D eigenvalue weighted by Crippen LogP contribution is -2.20. The molecule has 5 nitrogen and oxygen atoms in total. The summed E-state index contributed by atoms with van der Waals surface area (Å²) in [5.41, 5.74) is 1.16. The summed E-state index contributed by atoms with van der Waals surface area (Å²) in [5, 5.41) is 4.06. The third-order valence-corrected chi connectivity index (χ3v) is 4.97. The molecule has 4 rings (SSSR count). The van der Waals surface area contributed by atoms with E-state index < -0.39 is 0 Å². The molecule has 21 heavy (non-hydrogen) atoms. The van der Waals surface area contributed by atoms with Crippen molar-refractivity contribution < 1.29 is 14.1 Å². The van der Waals surface area contributed by atoms with Gasteiger partial charge in [0.2, 0.25) is 5.89 Å². The second kappa shape index (κ2) is 5.18. The van der Waals surface area contributed by atoms with E-state index in [4.69, 9.17) is 9.26 Å². The summed E-state index contributed by atoms with van der Waals surface area (Å²) in [5.74, 6) is 3.35. The van der Waals surface area contributed by atoms with Crippen LogP contribution in [0.15, 0.2) is 28.8 Å². The van der Waals surface area contributed by atoms with Gasteiger partial charge in [-0.25, -0.2) is 0 Å². The molecule has 0 N–H and O–H groups in total. The lowest BCUT2D eigenvalue weighted by molar-refractivity contribution is -0.117. The molecule has 0 radical (unpaired) electrons. The van der Waals surface area contributed by atoms with Gasteiger partial charge in [-0.05, 0) is 18.1 Å². The fraction of sp³-hybridized carbons (Fsp3) is 0.400. The van der Waals surface area contributed by atoms with Crippen molar-refractivity contribution in [1.82, 2.24) is 10.1 Å². The van der Waals surface area contributed by atoms with Gasteiger partial charge in [-0.1, -0.05) is 23.4 Å². The number of rotatable bonds is 2. The summed E-state index contributed by atoms with van der Waals surface area (Å²) in [7, 11) is 0. The quantitative estimate of drug-likeness (QED) is 0.847. The predicted molar refractivity (Wildman–Crippen MR) is 77.8 cm³/mol. The van der Waals surface area contributed by atoms with Gasteiger partial charge in [-0.15, -0.1) is 0 Å². The van der Waals surface area contributed by atoms with E-state index in [-0.39, 0.29) is 17.6 Å². The molecular weight excluding hydrogens is 288 g/mol. The first-order valence-corrected chi connectivity index (χ1v) is 8.11. The van der Waals surface area contributed by atoms with Crippen LogP contribution in [0.1, 0.15) is 29.1 Å². The minimum Gasteiger partial charge on any atom is -0.493 e. The first-order chi connectivity index (χ1) is 10.3. The highest BCUT2D eigenvalue weighted by molar-refractivity contribution is 8.00. The van der Waals surface area contributed by atoms with Crippen LogP contribution in [0.4, 0.5) is 0 Å². The zero-order valence-electron chi connectivity index (χ0n) is 11.3. The van der Waals surface area contributed by atoms with E-state index in [1.807, 2.05) is 18.2 Å². The van der Waals surface area contributed by atoms with E-state index in [2.05, 4.69) is 16.2 Å². The molecule has 1 saturated heterocycles. The molecule has 0 saturated carbocycles. The van der Waals surface area contributed by atoms with Gasteiger partial charge >= 0.3 is 0 Å². The number of aromatic nitrogens is 2. The fourth-order valence-electron chi connectivity index (χ4n) is 2.73. The van der Waals surface area contributed by atoms with Crippen LogP contribution in [0.3, 0.4) is 0 Å². The van der Waals surface area contributed by atoms with Crippen LogP contribution in [0.25, 0.3) is 0 Å². The van der Waals surface area contributed by atoms with E-state index in [0.717, 1.165) is 23.5 Å². The van der Waals surface area contributed by atoms with E-state index in [1.54, 1.807) is 11.8 Å². The monoisotopic (exact) mass is 302 g/mol. The Hall–Kier alpha value is -1.82. The molecule has 0 spiro atoms. The number of ether oxygens (including phenoxy) is 1. The van der Waals surface area contributed by atoms with Crippen molar-refractivity contribution >= 4 is 17.5 Å². The topological polar surface area (TPSA) is 65.2 Å². The Kier molecular flexibility index (Phi) is 3.18. The van der Waals surface area contributed by atoms with Crippen molar-refractivity contribution in [2.45, 2.75) is 18.3 Å². The van der Waals surface area contributed by atoms with Crippen LogP contribution in [-0.2, 0) is 11.2 Å². The summed E-state index contributed by atoms with van der Waals surface area (Å²) >= 11 is 1.62. The molecule has 0 amide bonds. The predicted octanol–water partition coefficient (Wildman–Crippen LogP) is 2.19. The standard InChI is InChI=1S/C15H14N2O3S/c18-12-8-21-7-11(12)15-16-14(17-20-15)10-5-9-3-1-2-4-13(9)19-6-10/h1-4,10-11H,5-8H2. The summed E-state index contributed by atoms with van der Waals surface area (Å²) < 4.78 is 11.1. The first kappa shape index (κ1) is 12.9. The van der Waals surface area contributed by atoms with Gasteiger partial charge < -0.3 is 9.26 Å². The molecule has 0 bridgehead atoms. The van der Waals surface area contributed by atoms with E-state index in [0.29, 0.717) is 24.1 Å². The highest BCUT2D eigenvalue weighted by Crippen LogP contribution is 2.33. The van der Waals surface area contributed by atoms with Crippen molar-refractivity contribution in [2.75, 3.05) is 18.1 Å². The van der Waals surface area contributed by atoms with Crippen LogP contribution < -0.4 is 4.74 Å². The number of Topliss-reactive ketones (excluding diaryl/α,β-unsaturated/α-hetero) is 1. The van der Waals surface area contributed by atoms with Gasteiger partial charge in [0.1, 0.15) is 11.7 Å². The molecule has 0 aliphatic carbocycles. The van der Waals surface area contributed by atoms with Crippen LogP contribution >= 0.6 is 11.8 Å². The first-order valence-electron chi connectivity index (χ1n) is 6.96. The van der Waals surface area contributed by atoms with E-state index >= 15 is 0 Å². The van der Waals surface area contributed by atoms with Gasteiger partial charge in [0.05, 0.1) is 18.3 Å². The van der Waals surface area contributed by atoms with Crippen LogP contribution in [0, 0.1) is 0 Å². The molecule has 2 aliphatic rings. The van der Waals surface area contributed by atoms with Crippen LogP contribution in [0.2, 0.25) is 0 Å². The average molecular weight is 302 g/mol. The van der Waals surface area contributed by atoms with Crippen LogP contribution in [0.5, 0.6) is 5.75 Å². The SMILES string of the molecule is O=C1CSCC1c1nc(C2COc3ccccc3C2)no1. The Morgan fingerprint density at radius 3 is 3.05 bits per heavy atom. The number of hydrogen-bond donors (Lipinski definition) is 0. The second-order valence-electron chi connectivity index (χ2n) is 5.34. The Labute approximate surface area is 126 Å². The fourth-order valence-corrected chi connectivity index (χ4v) is 3.81. The number of thioether (sulfide) groups is 1. The molecule has 2 aromatic rings. The summed E-state index contributed by atoms with van der Waals surface area (Å²) in [6.45, 7) is 0.545. The Bertz CT molecular complexity index is 685. The Balaban J connectivity index is 1.55.